The second-order valence-corrected chi connectivity index (χ2v) is 14.6. The van der Waals surface area contributed by atoms with Crippen LogP contribution in [0, 0.1) is 23.7 Å². The van der Waals surface area contributed by atoms with Crippen LogP contribution in [0.25, 0.3) is 21.1 Å². The Kier molecular flexibility index (Phi) is 8.25. The molecule has 2 saturated heterocycles. The van der Waals surface area contributed by atoms with Gasteiger partial charge >= 0.3 is 6.18 Å². The maximum atomic E-state index is 12.9. The van der Waals surface area contributed by atoms with E-state index in [0.717, 1.165) is 68.1 Å². The molecule has 0 amide bonds. The zero-order valence-corrected chi connectivity index (χ0v) is 26.6. The molecule has 7 nitrogen and oxygen atoms in total. The lowest BCUT2D eigenvalue weighted by molar-refractivity contribution is -0.126. The van der Waals surface area contributed by atoms with E-state index in [1.807, 2.05) is 0 Å². The van der Waals surface area contributed by atoms with Gasteiger partial charge in [0.15, 0.2) is 0 Å². The lowest BCUT2D eigenvalue weighted by Gasteiger charge is -2.33. The van der Waals surface area contributed by atoms with E-state index in [1.165, 1.54) is 68.0 Å². The lowest BCUT2D eigenvalue weighted by atomic mass is 9.86. The van der Waals surface area contributed by atoms with E-state index in [2.05, 4.69) is 60.8 Å². The second kappa shape index (κ2) is 12.2. The molecular weight excluding hydrogens is 595 g/mol. The number of likely N-dealkylation sites (tertiary alicyclic amines) is 2. The molecule has 4 aromatic rings. The summed E-state index contributed by atoms with van der Waals surface area (Å²) in [7, 11) is 0. The zero-order chi connectivity index (χ0) is 31.2. The van der Waals surface area contributed by atoms with Crippen LogP contribution in [0.3, 0.4) is 0 Å². The summed E-state index contributed by atoms with van der Waals surface area (Å²) in [5.41, 5.74) is 4.97. The highest BCUT2D eigenvalue weighted by Gasteiger charge is 2.39. The molecule has 5 heterocycles. The molecule has 0 atom stereocenters. The fourth-order valence-electron chi connectivity index (χ4n) is 7.99. The summed E-state index contributed by atoms with van der Waals surface area (Å²) in [6.07, 6.45) is 4.91. The number of alkyl halides is 3. The first-order chi connectivity index (χ1) is 21.7. The number of aryl methyl sites for hydroxylation is 1. The number of halogens is 3. The van der Waals surface area contributed by atoms with Crippen LogP contribution in [0.2, 0.25) is 0 Å². The Hall–Kier alpha value is -3.20. The summed E-state index contributed by atoms with van der Waals surface area (Å²) in [5, 5.41) is 15.3. The van der Waals surface area contributed by atoms with Gasteiger partial charge in [0.25, 0.3) is 0 Å². The first-order valence-corrected chi connectivity index (χ1v) is 17.0. The topological polar surface area (TPSA) is 73.0 Å². The first kappa shape index (κ1) is 30.5. The molecule has 1 spiro atoms. The zero-order valence-electron chi connectivity index (χ0n) is 25.8. The van der Waals surface area contributed by atoms with E-state index in [1.54, 1.807) is 6.07 Å². The highest BCUT2D eigenvalue weighted by molar-refractivity contribution is 7.18. The lowest BCUT2D eigenvalue weighted by Crippen LogP contribution is -2.39. The molecule has 0 radical (unpaired) electrons. The number of benzene rings is 1. The van der Waals surface area contributed by atoms with Crippen LogP contribution in [0.5, 0.6) is 0 Å². The number of thiophene rings is 1. The third-order valence-corrected chi connectivity index (χ3v) is 11.5. The van der Waals surface area contributed by atoms with Crippen molar-refractivity contribution in [1.82, 2.24) is 24.3 Å². The molecule has 3 aliphatic rings. The van der Waals surface area contributed by atoms with Gasteiger partial charge in [-0.2, -0.15) is 18.4 Å². The number of nitrogens with one attached hydrogen (secondary N) is 1. The maximum absolute atomic E-state index is 12.9. The van der Waals surface area contributed by atoms with Crippen LogP contribution in [0.4, 0.5) is 19.0 Å². The van der Waals surface area contributed by atoms with Crippen LogP contribution in [-0.4, -0.2) is 69.3 Å². The van der Waals surface area contributed by atoms with Gasteiger partial charge in [-0.15, -0.1) is 11.3 Å². The molecule has 11 heteroatoms. The smallest absolute Gasteiger partial charge is 0.367 e. The Labute approximate surface area is 266 Å². The molecule has 1 N–H and O–H groups in total. The van der Waals surface area contributed by atoms with Gasteiger partial charge in [0.2, 0.25) is 0 Å². The van der Waals surface area contributed by atoms with E-state index in [9.17, 15) is 18.4 Å². The minimum Gasteiger partial charge on any atom is -0.367 e. The summed E-state index contributed by atoms with van der Waals surface area (Å²) in [4.78, 5) is 14.5. The molecule has 7 rings (SSSR count). The van der Waals surface area contributed by atoms with Crippen molar-refractivity contribution in [3.63, 3.8) is 0 Å². The molecule has 0 bridgehead atoms. The minimum atomic E-state index is -4.24. The van der Waals surface area contributed by atoms with Crippen molar-refractivity contribution in [2.24, 2.45) is 5.41 Å². The molecule has 3 fully saturated rings. The molecular formula is C34H40F3N7S. The SMILES string of the molecule is Cc1c(CN2CCC(Nc3ncnc4sc(CC(F)(F)F)cc34)CC2)ccc2c1cc(C#N)n2CCN1CCC2(CCCC2)C1. The predicted molar refractivity (Wildman–Crippen MR) is 172 cm³/mol. The molecule has 1 aliphatic carbocycles. The summed E-state index contributed by atoms with van der Waals surface area (Å²) < 4.78 is 41.0. The number of anilines is 1. The van der Waals surface area contributed by atoms with Crippen LogP contribution in [0.15, 0.2) is 30.6 Å². The van der Waals surface area contributed by atoms with Crippen molar-refractivity contribution < 1.29 is 13.2 Å². The highest BCUT2D eigenvalue weighted by Crippen LogP contribution is 2.45. The Bertz CT molecular complexity index is 1720. The third kappa shape index (κ3) is 6.42. The Morgan fingerprint density at radius 1 is 1.02 bits per heavy atom. The van der Waals surface area contributed by atoms with E-state index in [0.29, 0.717) is 21.4 Å². The van der Waals surface area contributed by atoms with Crippen molar-refractivity contribution >= 4 is 38.3 Å². The Morgan fingerprint density at radius 3 is 2.58 bits per heavy atom. The third-order valence-electron chi connectivity index (χ3n) is 10.5. The van der Waals surface area contributed by atoms with E-state index < -0.39 is 12.6 Å². The Morgan fingerprint density at radius 2 is 1.82 bits per heavy atom. The van der Waals surface area contributed by atoms with Gasteiger partial charge in [0.1, 0.15) is 28.7 Å². The molecule has 238 valence electrons. The highest BCUT2D eigenvalue weighted by atomic mass is 32.1. The van der Waals surface area contributed by atoms with Gasteiger partial charge in [-0.1, -0.05) is 18.9 Å². The van der Waals surface area contributed by atoms with Crippen molar-refractivity contribution in [1.29, 1.82) is 5.26 Å². The largest absolute Gasteiger partial charge is 0.393 e. The number of hydrogen-bond acceptors (Lipinski definition) is 7. The van der Waals surface area contributed by atoms with Gasteiger partial charge in [0.05, 0.1) is 11.8 Å². The van der Waals surface area contributed by atoms with Crippen LogP contribution in [0.1, 0.15) is 66.6 Å². The number of hydrogen-bond donors (Lipinski definition) is 1. The van der Waals surface area contributed by atoms with E-state index >= 15 is 0 Å². The van der Waals surface area contributed by atoms with Gasteiger partial charge in [0, 0.05) is 61.1 Å². The van der Waals surface area contributed by atoms with Crippen molar-refractivity contribution in [2.45, 2.75) is 83.6 Å². The summed E-state index contributed by atoms with van der Waals surface area (Å²) in [6, 6.07) is 10.7. The number of fused-ring (bicyclic) bond motifs is 2. The number of aromatic nitrogens is 3. The van der Waals surface area contributed by atoms with Gasteiger partial charge < -0.3 is 14.8 Å². The van der Waals surface area contributed by atoms with Crippen molar-refractivity contribution in [2.75, 3.05) is 38.0 Å². The minimum absolute atomic E-state index is 0.195. The summed E-state index contributed by atoms with van der Waals surface area (Å²) in [6.45, 7) is 9.07. The maximum Gasteiger partial charge on any atom is 0.393 e. The molecule has 45 heavy (non-hydrogen) atoms. The number of nitrogens with zero attached hydrogens (tertiary/aromatic N) is 6. The van der Waals surface area contributed by atoms with Crippen LogP contribution >= 0.6 is 11.3 Å². The van der Waals surface area contributed by atoms with Crippen molar-refractivity contribution in [3.05, 3.63) is 52.3 Å². The standard InChI is InChI=1S/C34H40F3N7S/c1-23-24(4-5-30-28(23)16-26(19-38)44(30)15-14-43-13-10-33(21-43)8-2-3-9-33)20-42-11-6-25(7-12-42)41-31-29-17-27(18-34(35,36)37)45-32(29)40-22-39-31/h4-5,16-17,22,25H,2-3,6-15,18,20-21H2,1H3,(H,39,40,41). The quantitative estimate of drug-likeness (QED) is 0.220. The summed E-state index contributed by atoms with van der Waals surface area (Å²) >= 11 is 1.08. The molecule has 0 unspecified atom stereocenters. The molecule has 1 saturated carbocycles. The number of nitriles is 1. The van der Waals surface area contributed by atoms with E-state index in [-0.39, 0.29) is 10.9 Å². The normalized spacial score (nSPS) is 19.7. The average Bonchev–Trinajstić information content (AvgIpc) is 3.80. The molecule has 3 aromatic heterocycles. The monoisotopic (exact) mass is 635 g/mol. The van der Waals surface area contributed by atoms with Gasteiger partial charge in [-0.3, -0.25) is 4.90 Å². The fraction of sp³-hybridized carbons (Fsp3) is 0.559. The number of piperidine rings is 1. The molecule has 1 aromatic carbocycles. The second-order valence-electron chi connectivity index (χ2n) is 13.4. The van der Waals surface area contributed by atoms with E-state index in [4.69, 9.17) is 0 Å². The summed E-state index contributed by atoms with van der Waals surface area (Å²) in [5.74, 6) is 0.616. The van der Waals surface area contributed by atoms with Crippen LogP contribution in [-0.2, 0) is 19.5 Å². The first-order valence-electron chi connectivity index (χ1n) is 16.2. The van der Waals surface area contributed by atoms with Crippen LogP contribution < -0.4 is 5.32 Å². The Balaban J connectivity index is 0.976. The molecule has 2 aliphatic heterocycles. The van der Waals surface area contributed by atoms with Gasteiger partial charge in [-0.05, 0) is 80.3 Å². The van der Waals surface area contributed by atoms with Crippen molar-refractivity contribution in [3.8, 4) is 6.07 Å². The predicted octanol–water partition coefficient (Wildman–Crippen LogP) is 7.27. The van der Waals surface area contributed by atoms with Gasteiger partial charge in [-0.25, -0.2) is 9.97 Å². The number of rotatable bonds is 8. The fourth-order valence-corrected chi connectivity index (χ4v) is 9.02. The average molecular weight is 636 g/mol.